The smallest absolute Gasteiger partial charge is 0.276 e. The number of carbonyl (C=O) groups excluding carboxylic acids is 1. The Morgan fingerprint density at radius 3 is 2.76 bits per heavy atom. The Morgan fingerprint density at radius 2 is 2.10 bits per heavy atom. The molecule has 0 saturated carbocycles. The van der Waals surface area contributed by atoms with Gasteiger partial charge in [-0.15, -0.1) is 0 Å². The van der Waals surface area contributed by atoms with Gasteiger partial charge in [0, 0.05) is 19.3 Å². The molecule has 3 rings (SSSR count). The minimum atomic E-state index is 0.00647. The van der Waals surface area contributed by atoms with E-state index in [-0.39, 0.29) is 5.91 Å². The Kier molecular flexibility index (Phi) is 4.39. The number of ether oxygens (including phenoxy) is 1. The topological polar surface area (TPSA) is 54.5 Å². The Bertz CT molecular complexity index is 492. The average molecular weight is 289 g/mol. The average Bonchev–Trinajstić information content (AvgIpc) is 2.86. The summed E-state index contributed by atoms with van der Waals surface area (Å²) < 4.78 is 5.53. The van der Waals surface area contributed by atoms with Crippen LogP contribution in [0.15, 0.2) is 18.3 Å². The van der Waals surface area contributed by atoms with E-state index in [0.717, 1.165) is 50.9 Å². The van der Waals surface area contributed by atoms with Crippen LogP contribution in [-0.2, 0) is 0 Å². The fourth-order valence-electron chi connectivity index (χ4n) is 3.39. The lowest BCUT2D eigenvalue weighted by molar-refractivity contribution is 0.0748. The van der Waals surface area contributed by atoms with Crippen molar-refractivity contribution in [2.75, 3.05) is 32.8 Å². The molecular formula is C16H23N3O2. The zero-order valence-corrected chi connectivity index (χ0v) is 12.5. The predicted molar refractivity (Wildman–Crippen MR) is 80.4 cm³/mol. The molecule has 0 spiro atoms. The Labute approximate surface area is 125 Å². The molecule has 21 heavy (non-hydrogen) atoms. The standard InChI is InChI=1S/C16H23N3O2/c1-2-21-14-4-3-7-18-15(14)16(20)19-8-5-12-10-17-11-13(12)6-9-19/h3-4,7,12-13,17H,2,5-6,8-11H2,1H3/t12-,13+. The van der Waals surface area contributed by atoms with Crippen molar-refractivity contribution in [3.8, 4) is 5.75 Å². The van der Waals surface area contributed by atoms with E-state index < -0.39 is 0 Å². The second-order valence-corrected chi connectivity index (χ2v) is 5.83. The van der Waals surface area contributed by atoms with Gasteiger partial charge in [0.05, 0.1) is 6.61 Å². The fourth-order valence-corrected chi connectivity index (χ4v) is 3.39. The van der Waals surface area contributed by atoms with E-state index in [0.29, 0.717) is 18.1 Å². The maximum Gasteiger partial charge on any atom is 0.276 e. The quantitative estimate of drug-likeness (QED) is 0.917. The van der Waals surface area contributed by atoms with Crippen LogP contribution in [-0.4, -0.2) is 48.6 Å². The number of rotatable bonds is 3. The molecule has 5 nitrogen and oxygen atoms in total. The van der Waals surface area contributed by atoms with E-state index in [4.69, 9.17) is 4.74 Å². The van der Waals surface area contributed by atoms with Gasteiger partial charge in [0.25, 0.3) is 5.91 Å². The van der Waals surface area contributed by atoms with Gasteiger partial charge in [-0.2, -0.15) is 0 Å². The molecule has 1 aromatic rings. The summed E-state index contributed by atoms with van der Waals surface area (Å²) >= 11 is 0. The number of hydrogen-bond acceptors (Lipinski definition) is 4. The predicted octanol–water partition coefficient (Wildman–Crippen LogP) is 1.55. The van der Waals surface area contributed by atoms with Crippen LogP contribution < -0.4 is 10.1 Å². The van der Waals surface area contributed by atoms with Crippen LogP contribution in [0.2, 0.25) is 0 Å². The Morgan fingerprint density at radius 1 is 1.38 bits per heavy atom. The third-order valence-electron chi connectivity index (χ3n) is 4.58. The van der Waals surface area contributed by atoms with Gasteiger partial charge in [-0.3, -0.25) is 4.79 Å². The summed E-state index contributed by atoms with van der Waals surface area (Å²) in [5.74, 6) is 2.04. The second-order valence-electron chi connectivity index (χ2n) is 5.83. The first kappa shape index (κ1) is 14.3. The largest absolute Gasteiger partial charge is 0.491 e. The molecular weight excluding hydrogens is 266 g/mol. The van der Waals surface area contributed by atoms with Crippen LogP contribution in [0, 0.1) is 11.8 Å². The van der Waals surface area contributed by atoms with Crippen molar-refractivity contribution < 1.29 is 9.53 Å². The van der Waals surface area contributed by atoms with Gasteiger partial charge in [-0.05, 0) is 56.8 Å². The van der Waals surface area contributed by atoms with Crippen LogP contribution in [0.5, 0.6) is 5.75 Å². The third-order valence-corrected chi connectivity index (χ3v) is 4.58. The zero-order chi connectivity index (χ0) is 14.7. The lowest BCUT2D eigenvalue weighted by atomic mass is 9.92. The van der Waals surface area contributed by atoms with Crippen molar-refractivity contribution in [2.24, 2.45) is 11.8 Å². The van der Waals surface area contributed by atoms with E-state index in [2.05, 4.69) is 10.3 Å². The highest BCUT2D eigenvalue weighted by molar-refractivity contribution is 5.94. The van der Waals surface area contributed by atoms with Crippen molar-refractivity contribution in [2.45, 2.75) is 19.8 Å². The zero-order valence-electron chi connectivity index (χ0n) is 12.5. The number of fused-ring (bicyclic) bond motifs is 1. The first-order chi connectivity index (χ1) is 10.3. The van der Waals surface area contributed by atoms with E-state index in [1.54, 1.807) is 12.3 Å². The summed E-state index contributed by atoms with van der Waals surface area (Å²) in [7, 11) is 0. The van der Waals surface area contributed by atoms with Gasteiger partial charge < -0.3 is 15.0 Å². The summed E-state index contributed by atoms with van der Waals surface area (Å²) in [6.07, 6.45) is 3.83. The number of pyridine rings is 1. The molecule has 114 valence electrons. The molecule has 0 aliphatic carbocycles. The third kappa shape index (κ3) is 3.02. The van der Waals surface area contributed by atoms with Crippen LogP contribution >= 0.6 is 0 Å². The SMILES string of the molecule is CCOc1cccnc1C(=O)N1CC[C@@H]2CNC[C@@H]2CC1. The van der Waals surface area contributed by atoms with E-state index in [1.807, 2.05) is 17.9 Å². The van der Waals surface area contributed by atoms with Crippen molar-refractivity contribution in [3.63, 3.8) is 0 Å². The molecule has 1 amide bonds. The number of nitrogens with zero attached hydrogens (tertiary/aromatic N) is 2. The molecule has 2 atom stereocenters. The summed E-state index contributed by atoms with van der Waals surface area (Å²) in [4.78, 5) is 18.9. The maximum atomic E-state index is 12.7. The molecule has 0 bridgehead atoms. The Balaban J connectivity index is 1.73. The monoisotopic (exact) mass is 289 g/mol. The lowest BCUT2D eigenvalue weighted by Gasteiger charge is -2.21. The summed E-state index contributed by atoms with van der Waals surface area (Å²) in [6.45, 7) is 6.30. The van der Waals surface area contributed by atoms with E-state index in [1.165, 1.54) is 0 Å². The van der Waals surface area contributed by atoms with Crippen LogP contribution in [0.3, 0.4) is 0 Å². The van der Waals surface area contributed by atoms with Crippen LogP contribution in [0.4, 0.5) is 0 Å². The van der Waals surface area contributed by atoms with Crippen molar-refractivity contribution in [1.29, 1.82) is 0 Å². The molecule has 3 heterocycles. The number of aromatic nitrogens is 1. The van der Waals surface area contributed by atoms with Gasteiger partial charge >= 0.3 is 0 Å². The van der Waals surface area contributed by atoms with Crippen molar-refractivity contribution >= 4 is 5.91 Å². The fraction of sp³-hybridized carbons (Fsp3) is 0.625. The summed E-state index contributed by atoms with van der Waals surface area (Å²) in [5, 5.41) is 3.46. The minimum Gasteiger partial charge on any atom is -0.491 e. The van der Waals surface area contributed by atoms with Gasteiger partial charge in [-0.1, -0.05) is 0 Å². The maximum absolute atomic E-state index is 12.7. The van der Waals surface area contributed by atoms with Crippen LogP contribution in [0.25, 0.3) is 0 Å². The highest BCUT2D eigenvalue weighted by atomic mass is 16.5. The lowest BCUT2D eigenvalue weighted by Crippen LogP contribution is -2.33. The molecule has 0 aromatic carbocycles. The molecule has 2 fully saturated rings. The minimum absolute atomic E-state index is 0.00647. The number of nitrogens with one attached hydrogen (secondary N) is 1. The molecule has 1 aromatic heterocycles. The molecule has 0 unspecified atom stereocenters. The molecule has 2 saturated heterocycles. The van der Waals surface area contributed by atoms with Crippen molar-refractivity contribution in [3.05, 3.63) is 24.0 Å². The highest BCUT2D eigenvalue weighted by Gasteiger charge is 2.32. The molecule has 1 N–H and O–H groups in total. The highest BCUT2D eigenvalue weighted by Crippen LogP contribution is 2.28. The number of carbonyl (C=O) groups is 1. The van der Waals surface area contributed by atoms with E-state index >= 15 is 0 Å². The van der Waals surface area contributed by atoms with Crippen LogP contribution in [0.1, 0.15) is 30.3 Å². The summed E-state index contributed by atoms with van der Waals surface area (Å²) in [5.41, 5.74) is 0.449. The molecule has 2 aliphatic rings. The number of likely N-dealkylation sites (tertiary alicyclic amines) is 1. The molecule has 0 radical (unpaired) electrons. The van der Waals surface area contributed by atoms with Crippen molar-refractivity contribution in [1.82, 2.24) is 15.2 Å². The first-order valence-corrected chi connectivity index (χ1v) is 7.87. The molecule has 5 heteroatoms. The van der Waals surface area contributed by atoms with Gasteiger partial charge in [0.2, 0.25) is 0 Å². The normalized spacial score (nSPS) is 25.3. The van der Waals surface area contributed by atoms with Gasteiger partial charge in [-0.25, -0.2) is 4.98 Å². The van der Waals surface area contributed by atoms with Gasteiger partial charge in [0.1, 0.15) is 0 Å². The second kappa shape index (κ2) is 6.43. The van der Waals surface area contributed by atoms with Gasteiger partial charge in [0.15, 0.2) is 11.4 Å². The number of hydrogen-bond donors (Lipinski definition) is 1. The van der Waals surface area contributed by atoms with E-state index in [9.17, 15) is 4.79 Å². The first-order valence-electron chi connectivity index (χ1n) is 7.87. The Hall–Kier alpha value is -1.62. The molecule has 2 aliphatic heterocycles. The number of amides is 1. The summed E-state index contributed by atoms with van der Waals surface area (Å²) in [6, 6.07) is 3.63.